The van der Waals surface area contributed by atoms with E-state index >= 15 is 0 Å². The molecule has 0 aliphatic rings. The number of aryl methyl sites for hydroxylation is 1. The Hall–Kier alpha value is -2.60. The maximum absolute atomic E-state index is 14.2. The largest absolute Gasteiger partial charge is 0.394 e. The Bertz CT molecular complexity index is 1010. The summed E-state index contributed by atoms with van der Waals surface area (Å²) in [5, 5.41) is 28.9. The van der Waals surface area contributed by atoms with Gasteiger partial charge in [-0.15, -0.1) is 10.2 Å². The molecule has 2 heterocycles. The van der Waals surface area contributed by atoms with Crippen molar-refractivity contribution in [3.63, 3.8) is 0 Å². The van der Waals surface area contributed by atoms with Gasteiger partial charge in [0, 0.05) is 16.7 Å². The highest BCUT2D eigenvalue weighted by Crippen LogP contribution is 2.26. The molecule has 28 heavy (non-hydrogen) atoms. The van der Waals surface area contributed by atoms with Crippen LogP contribution in [-0.2, 0) is 4.84 Å². The quantitative estimate of drug-likeness (QED) is 0.401. The van der Waals surface area contributed by atoms with Crippen molar-refractivity contribution in [1.29, 1.82) is 0 Å². The zero-order valence-electron chi connectivity index (χ0n) is 14.7. The van der Waals surface area contributed by atoms with Crippen molar-refractivity contribution in [1.82, 2.24) is 20.1 Å². The van der Waals surface area contributed by atoms with Crippen LogP contribution < -0.4 is 10.8 Å². The normalized spacial score (nSPS) is 12.2. The molecule has 4 N–H and O–H groups in total. The Labute approximate surface area is 167 Å². The second-order valence-electron chi connectivity index (χ2n) is 5.90. The lowest BCUT2D eigenvalue weighted by atomic mass is 10.2. The van der Waals surface area contributed by atoms with Gasteiger partial charge in [0.25, 0.3) is 5.91 Å². The molecule has 1 aromatic carbocycles. The monoisotopic (exact) mass is 453 g/mol. The molecule has 2 aromatic heterocycles. The highest BCUT2D eigenvalue weighted by molar-refractivity contribution is 9.10. The lowest BCUT2D eigenvalue weighted by molar-refractivity contribution is -0.0295. The van der Waals surface area contributed by atoms with E-state index < -0.39 is 24.4 Å². The Morgan fingerprint density at radius 2 is 2.14 bits per heavy atom. The first-order valence-electron chi connectivity index (χ1n) is 8.17. The SMILES string of the molecule is Cc1nnc2cc(Nc3ccc(Br)cc3F)c(C(=O)NOCC(O)CO)cn12. The predicted molar refractivity (Wildman–Crippen MR) is 102 cm³/mol. The number of hydroxylamine groups is 1. The van der Waals surface area contributed by atoms with Crippen molar-refractivity contribution >= 4 is 38.9 Å². The second kappa shape index (κ2) is 8.61. The third-order valence-electron chi connectivity index (χ3n) is 3.81. The number of aliphatic hydroxyl groups excluding tert-OH is 2. The van der Waals surface area contributed by atoms with Crippen LogP contribution in [0.15, 0.2) is 34.9 Å². The average Bonchev–Trinajstić information content (AvgIpc) is 3.03. The van der Waals surface area contributed by atoms with E-state index in [1.165, 1.54) is 18.3 Å². The molecule has 0 spiro atoms. The average molecular weight is 454 g/mol. The molecule has 3 rings (SSSR count). The van der Waals surface area contributed by atoms with Gasteiger partial charge in [-0.1, -0.05) is 15.9 Å². The van der Waals surface area contributed by atoms with Crippen LogP contribution >= 0.6 is 15.9 Å². The summed E-state index contributed by atoms with van der Waals surface area (Å²) in [5.74, 6) is -0.595. The first kappa shape index (κ1) is 20.1. The number of aliphatic hydroxyl groups is 2. The van der Waals surface area contributed by atoms with Crippen molar-refractivity contribution in [3.8, 4) is 0 Å². The molecule has 0 fully saturated rings. The maximum atomic E-state index is 14.2. The topological polar surface area (TPSA) is 121 Å². The molecule has 11 heteroatoms. The second-order valence-corrected chi connectivity index (χ2v) is 6.82. The zero-order chi connectivity index (χ0) is 20.3. The molecule has 0 aliphatic carbocycles. The van der Waals surface area contributed by atoms with Gasteiger partial charge < -0.3 is 15.5 Å². The molecular formula is C17H17BrFN5O4. The number of carbonyl (C=O) groups excluding carboxylic acids is 1. The highest BCUT2D eigenvalue weighted by atomic mass is 79.9. The zero-order valence-corrected chi connectivity index (χ0v) is 16.3. The van der Waals surface area contributed by atoms with Gasteiger partial charge in [0.2, 0.25) is 0 Å². The number of nitrogens with one attached hydrogen (secondary N) is 2. The first-order valence-corrected chi connectivity index (χ1v) is 8.97. The number of hydrogen-bond donors (Lipinski definition) is 4. The number of nitrogens with zero attached hydrogens (tertiary/aromatic N) is 3. The number of benzene rings is 1. The van der Waals surface area contributed by atoms with E-state index in [2.05, 4.69) is 36.9 Å². The third kappa shape index (κ3) is 4.44. The molecular weight excluding hydrogens is 437 g/mol. The summed E-state index contributed by atoms with van der Waals surface area (Å²) in [7, 11) is 0. The lowest BCUT2D eigenvalue weighted by Gasteiger charge is -2.14. The molecule has 0 aliphatic heterocycles. The van der Waals surface area contributed by atoms with E-state index in [0.717, 1.165) is 0 Å². The van der Waals surface area contributed by atoms with Crippen LogP contribution in [0.5, 0.6) is 0 Å². The number of aromatic nitrogens is 3. The number of anilines is 2. The fraction of sp³-hybridized carbons (Fsp3) is 0.235. The van der Waals surface area contributed by atoms with Gasteiger partial charge >= 0.3 is 0 Å². The van der Waals surface area contributed by atoms with Crippen molar-refractivity contribution in [3.05, 3.63) is 52.1 Å². The predicted octanol–water partition coefficient (Wildman–Crippen LogP) is 1.70. The van der Waals surface area contributed by atoms with E-state index in [9.17, 15) is 14.3 Å². The molecule has 0 bridgehead atoms. The van der Waals surface area contributed by atoms with Gasteiger partial charge in [0.15, 0.2) is 5.65 Å². The number of carbonyl (C=O) groups is 1. The van der Waals surface area contributed by atoms with Crippen molar-refractivity contribution in [2.75, 3.05) is 18.5 Å². The molecule has 9 nitrogen and oxygen atoms in total. The number of hydrogen-bond acceptors (Lipinski definition) is 7. The molecule has 148 valence electrons. The highest BCUT2D eigenvalue weighted by Gasteiger charge is 2.17. The molecule has 0 radical (unpaired) electrons. The number of rotatable bonds is 7. The van der Waals surface area contributed by atoms with E-state index in [-0.39, 0.29) is 23.5 Å². The molecule has 0 saturated carbocycles. The Kier molecular flexibility index (Phi) is 6.19. The Balaban J connectivity index is 1.93. The standard InChI is InChI=1S/C17H17BrFN5O4/c1-9-21-22-16-5-15(20-14-3-2-10(18)4-13(14)19)12(6-24(9)16)17(27)23-28-8-11(26)7-25/h2-6,11,20,25-26H,7-8H2,1H3,(H,23,27). The van der Waals surface area contributed by atoms with Gasteiger partial charge in [0.05, 0.1) is 23.5 Å². The Morgan fingerprint density at radius 3 is 2.86 bits per heavy atom. The number of halogens is 2. The summed E-state index contributed by atoms with van der Waals surface area (Å²) in [6, 6.07) is 6.03. The first-order chi connectivity index (χ1) is 13.4. The van der Waals surface area contributed by atoms with Gasteiger partial charge in [-0.25, -0.2) is 9.87 Å². The molecule has 0 saturated heterocycles. The fourth-order valence-electron chi connectivity index (χ4n) is 2.38. The summed E-state index contributed by atoms with van der Waals surface area (Å²) in [6.45, 7) is 0.926. The van der Waals surface area contributed by atoms with Crippen molar-refractivity contribution < 1.29 is 24.2 Å². The number of amides is 1. The van der Waals surface area contributed by atoms with Crippen molar-refractivity contribution in [2.45, 2.75) is 13.0 Å². The van der Waals surface area contributed by atoms with Gasteiger partial charge in [-0.05, 0) is 25.1 Å². The van der Waals surface area contributed by atoms with E-state index in [1.807, 2.05) is 0 Å². The van der Waals surface area contributed by atoms with Gasteiger partial charge in [-0.2, -0.15) is 0 Å². The van der Waals surface area contributed by atoms with Crippen LogP contribution in [0.2, 0.25) is 0 Å². The molecule has 3 aromatic rings. The van der Waals surface area contributed by atoms with E-state index in [0.29, 0.717) is 15.9 Å². The molecule has 1 atom stereocenters. The van der Waals surface area contributed by atoms with E-state index in [4.69, 9.17) is 9.94 Å². The van der Waals surface area contributed by atoms with Crippen LogP contribution in [0.3, 0.4) is 0 Å². The maximum Gasteiger partial charge on any atom is 0.278 e. The number of fused-ring (bicyclic) bond motifs is 1. The minimum Gasteiger partial charge on any atom is -0.394 e. The summed E-state index contributed by atoms with van der Waals surface area (Å²) in [4.78, 5) is 17.5. The lowest BCUT2D eigenvalue weighted by Crippen LogP contribution is -2.30. The van der Waals surface area contributed by atoms with Crippen LogP contribution in [0.4, 0.5) is 15.8 Å². The molecule has 1 amide bonds. The van der Waals surface area contributed by atoms with Gasteiger partial charge in [-0.3, -0.25) is 14.0 Å². The Morgan fingerprint density at radius 1 is 1.36 bits per heavy atom. The fourth-order valence-corrected chi connectivity index (χ4v) is 2.71. The van der Waals surface area contributed by atoms with Crippen LogP contribution in [0.1, 0.15) is 16.2 Å². The van der Waals surface area contributed by atoms with Gasteiger partial charge in [0.1, 0.15) is 24.4 Å². The van der Waals surface area contributed by atoms with E-state index in [1.54, 1.807) is 23.5 Å². The smallest absolute Gasteiger partial charge is 0.278 e. The summed E-state index contributed by atoms with van der Waals surface area (Å²) >= 11 is 3.19. The minimum absolute atomic E-state index is 0.135. The molecule has 1 unspecified atom stereocenters. The summed E-state index contributed by atoms with van der Waals surface area (Å²) < 4.78 is 16.4. The van der Waals surface area contributed by atoms with Crippen LogP contribution in [-0.4, -0.2) is 50.0 Å². The summed E-state index contributed by atoms with van der Waals surface area (Å²) in [6.07, 6.45) is 0.364. The number of pyridine rings is 1. The third-order valence-corrected chi connectivity index (χ3v) is 4.30. The summed E-state index contributed by atoms with van der Waals surface area (Å²) in [5.41, 5.74) is 3.23. The minimum atomic E-state index is -1.13. The van der Waals surface area contributed by atoms with Crippen molar-refractivity contribution in [2.24, 2.45) is 0 Å². The van der Waals surface area contributed by atoms with Crippen LogP contribution in [0.25, 0.3) is 5.65 Å². The van der Waals surface area contributed by atoms with Crippen LogP contribution in [0, 0.1) is 12.7 Å².